The van der Waals surface area contributed by atoms with Crippen molar-refractivity contribution in [3.63, 3.8) is 0 Å². The molecule has 1 aliphatic carbocycles. The lowest BCUT2D eigenvalue weighted by Gasteiger charge is -2.41. The number of ether oxygens (including phenoxy) is 1. The molecule has 0 saturated carbocycles. The molecular formula is C59H37NO2. The van der Waals surface area contributed by atoms with Crippen molar-refractivity contribution >= 4 is 49.8 Å². The van der Waals surface area contributed by atoms with Gasteiger partial charge in [-0.25, -0.2) is 0 Å². The Morgan fingerprint density at radius 3 is 1.74 bits per heavy atom. The van der Waals surface area contributed by atoms with E-state index >= 15 is 0 Å². The highest BCUT2D eigenvalue weighted by Crippen LogP contribution is 2.64. The van der Waals surface area contributed by atoms with Crippen LogP contribution in [0.2, 0.25) is 0 Å². The molecule has 0 fully saturated rings. The maximum absolute atomic E-state index is 7.28. The monoisotopic (exact) mass is 791 g/mol. The van der Waals surface area contributed by atoms with Gasteiger partial charge in [0.05, 0.1) is 16.5 Å². The highest BCUT2D eigenvalue weighted by Gasteiger charge is 2.51. The molecule has 290 valence electrons. The summed E-state index contributed by atoms with van der Waals surface area (Å²) in [4.78, 5) is 2.40. The van der Waals surface area contributed by atoms with Crippen LogP contribution in [0.1, 0.15) is 22.3 Å². The van der Waals surface area contributed by atoms with Crippen molar-refractivity contribution in [2.45, 2.75) is 5.41 Å². The van der Waals surface area contributed by atoms with Crippen LogP contribution in [0.4, 0.5) is 17.1 Å². The minimum atomic E-state index is -0.665. The van der Waals surface area contributed by atoms with Crippen molar-refractivity contribution in [3.8, 4) is 44.9 Å². The van der Waals surface area contributed by atoms with E-state index in [-0.39, 0.29) is 0 Å². The predicted molar refractivity (Wildman–Crippen MR) is 254 cm³/mol. The van der Waals surface area contributed by atoms with Crippen LogP contribution >= 0.6 is 0 Å². The molecule has 0 amide bonds. The van der Waals surface area contributed by atoms with Gasteiger partial charge in [0.25, 0.3) is 0 Å². The summed E-state index contributed by atoms with van der Waals surface area (Å²) in [5.41, 5.74) is 15.8. The van der Waals surface area contributed by atoms with E-state index in [0.29, 0.717) is 0 Å². The van der Waals surface area contributed by atoms with Gasteiger partial charge in [-0.3, -0.25) is 0 Å². The summed E-state index contributed by atoms with van der Waals surface area (Å²) in [5, 5.41) is 4.61. The number of hydrogen-bond acceptors (Lipinski definition) is 3. The molecule has 62 heavy (non-hydrogen) atoms. The molecule has 10 aromatic carbocycles. The number of furan rings is 1. The van der Waals surface area contributed by atoms with Gasteiger partial charge in [-0.15, -0.1) is 0 Å². The van der Waals surface area contributed by atoms with Crippen LogP contribution in [0.3, 0.4) is 0 Å². The lowest BCUT2D eigenvalue weighted by atomic mass is 9.65. The third-order valence-electron chi connectivity index (χ3n) is 13.1. The highest BCUT2D eigenvalue weighted by molar-refractivity contribution is 6.13. The van der Waals surface area contributed by atoms with Crippen LogP contribution in [0.25, 0.3) is 66.1 Å². The molecule has 0 unspecified atom stereocenters. The van der Waals surface area contributed by atoms with E-state index < -0.39 is 5.41 Å². The molecule has 0 N–H and O–H groups in total. The lowest BCUT2D eigenvalue weighted by Crippen LogP contribution is -2.32. The van der Waals surface area contributed by atoms with E-state index in [1.807, 2.05) is 6.07 Å². The van der Waals surface area contributed by atoms with Gasteiger partial charge >= 0.3 is 0 Å². The van der Waals surface area contributed by atoms with Gasteiger partial charge in [0.1, 0.15) is 22.7 Å². The van der Waals surface area contributed by atoms with Gasteiger partial charge in [0.15, 0.2) is 0 Å². The van der Waals surface area contributed by atoms with Crippen molar-refractivity contribution in [1.82, 2.24) is 0 Å². The summed E-state index contributed by atoms with van der Waals surface area (Å²) < 4.78 is 13.8. The molecular weight excluding hydrogens is 755 g/mol. The fourth-order valence-electron chi connectivity index (χ4n) is 10.5. The zero-order chi connectivity index (χ0) is 40.8. The Kier molecular flexibility index (Phi) is 7.52. The van der Waals surface area contributed by atoms with Crippen molar-refractivity contribution in [2.75, 3.05) is 4.90 Å². The maximum atomic E-state index is 7.28. The van der Waals surface area contributed by atoms with E-state index in [1.165, 1.54) is 44.2 Å². The van der Waals surface area contributed by atoms with Crippen LogP contribution < -0.4 is 9.64 Å². The largest absolute Gasteiger partial charge is 0.456 e. The zero-order valence-electron chi connectivity index (χ0n) is 33.6. The summed E-state index contributed by atoms with van der Waals surface area (Å²) in [6.45, 7) is 0. The maximum Gasteiger partial charge on any atom is 0.140 e. The molecule has 1 spiro atoms. The van der Waals surface area contributed by atoms with Crippen molar-refractivity contribution in [3.05, 3.63) is 247 Å². The fraction of sp³-hybridized carbons (Fsp3) is 0.0169. The molecule has 13 rings (SSSR count). The minimum absolute atomic E-state index is 0.665. The summed E-state index contributed by atoms with van der Waals surface area (Å²) >= 11 is 0. The molecule has 0 radical (unpaired) electrons. The molecule has 3 heteroatoms. The van der Waals surface area contributed by atoms with Crippen LogP contribution in [0.15, 0.2) is 229 Å². The topological polar surface area (TPSA) is 25.6 Å². The predicted octanol–water partition coefficient (Wildman–Crippen LogP) is 16.0. The van der Waals surface area contributed by atoms with Crippen LogP contribution in [0, 0.1) is 0 Å². The van der Waals surface area contributed by atoms with Crippen molar-refractivity contribution < 1.29 is 9.15 Å². The van der Waals surface area contributed by atoms with Gasteiger partial charge < -0.3 is 14.1 Å². The summed E-state index contributed by atoms with van der Waals surface area (Å²) in [5.74, 6) is 1.72. The number of nitrogens with zero attached hydrogens (tertiary/aromatic N) is 1. The molecule has 0 saturated heterocycles. The summed E-state index contributed by atoms with van der Waals surface area (Å²) in [6, 6.07) is 80.9. The van der Waals surface area contributed by atoms with Gasteiger partial charge in [0.2, 0.25) is 0 Å². The molecule has 11 aromatic rings. The second-order valence-electron chi connectivity index (χ2n) is 16.3. The minimum Gasteiger partial charge on any atom is -0.456 e. The first-order valence-corrected chi connectivity index (χ1v) is 21.2. The van der Waals surface area contributed by atoms with E-state index in [0.717, 1.165) is 72.8 Å². The number of benzene rings is 10. The summed E-state index contributed by atoms with van der Waals surface area (Å²) in [6.07, 6.45) is 0. The summed E-state index contributed by atoms with van der Waals surface area (Å²) in [7, 11) is 0. The average molecular weight is 792 g/mol. The molecule has 0 atom stereocenters. The number of para-hydroxylation sites is 3. The Morgan fingerprint density at radius 2 is 0.952 bits per heavy atom. The van der Waals surface area contributed by atoms with Gasteiger partial charge in [-0.1, -0.05) is 176 Å². The van der Waals surface area contributed by atoms with Gasteiger partial charge in [-0.05, 0) is 98.2 Å². The van der Waals surface area contributed by atoms with Crippen LogP contribution in [0.5, 0.6) is 11.5 Å². The van der Waals surface area contributed by atoms with Crippen LogP contribution in [-0.2, 0) is 5.41 Å². The van der Waals surface area contributed by atoms with E-state index in [9.17, 15) is 0 Å². The second-order valence-corrected chi connectivity index (χ2v) is 16.3. The Labute approximate surface area is 359 Å². The van der Waals surface area contributed by atoms with E-state index in [2.05, 4.69) is 223 Å². The normalized spacial score (nSPS) is 13.1. The molecule has 2 heterocycles. The van der Waals surface area contributed by atoms with Crippen LogP contribution in [-0.4, -0.2) is 0 Å². The van der Waals surface area contributed by atoms with Gasteiger partial charge in [0, 0.05) is 33.5 Å². The van der Waals surface area contributed by atoms with E-state index in [1.54, 1.807) is 0 Å². The molecule has 1 aliphatic heterocycles. The smallest absolute Gasteiger partial charge is 0.140 e. The quantitative estimate of drug-likeness (QED) is 0.174. The Hall–Kier alpha value is -8.14. The zero-order valence-corrected chi connectivity index (χ0v) is 33.6. The highest BCUT2D eigenvalue weighted by atomic mass is 16.5. The van der Waals surface area contributed by atoms with Crippen molar-refractivity contribution in [2.24, 2.45) is 0 Å². The van der Waals surface area contributed by atoms with Crippen molar-refractivity contribution in [1.29, 1.82) is 0 Å². The number of rotatable bonds is 5. The number of hydrogen-bond donors (Lipinski definition) is 0. The first-order chi connectivity index (χ1) is 30.8. The number of anilines is 3. The average Bonchev–Trinajstić information content (AvgIpc) is 3.87. The lowest BCUT2D eigenvalue weighted by molar-refractivity contribution is 0.438. The standard InChI is InChI=1S/C59H37NO2/c1-2-18-41(19-3-1)60(53-28-15-31-56-57(53)47-23-8-12-29-54(47)61-56)42-36-48(40-34-32-39(33-35-40)44-24-14-17-38-16-4-5-20-43(38)44)58-52(37-42)59(51-27-11-13-30-55(51)62-58)49-25-9-6-21-45(49)46-22-7-10-26-50(46)59/h1-37H. The second kappa shape index (κ2) is 13.4. The first kappa shape index (κ1) is 34.7. The van der Waals surface area contributed by atoms with Gasteiger partial charge in [-0.2, -0.15) is 0 Å². The number of fused-ring (bicyclic) bond motifs is 13. The fourth-order valence-corrected chi connectivity index (χ4v) is 10.5. The SMILES string of the molecule is c1ccc(N(c2cc(-c3ccc(-c4cccc5ccccc45)cc3)c3c(c2)C2(c4ccccc4O3)c3ccccc3-c3ccccc32)c2cccc3oc4ccccc4c23)cc1. The molecule has 2 aliphatic rings. The molecule has 3 nitrogen and oxygen atoms in total. The molecule has 0 bridgehead atoms. The molecule has 1 aromatic heterocycles. The Balaban J connectivity index is 1.14. The Morgan fingerprint density at radius 1 is 0.371 bits per heavy atom. The third kappa shape index (κ3) is 4.94. The van der Waals surface area contributed by atoms with E-state index in [4.69, 9.17) is 9.15 Å². The Bertz CT molecular complexity index is 3510. The first-order valence-electron chi connectivity index (χ1n) is 21.2. The third-order valence-corrected chi connectivity index (χ3v) is 13.1.